The van der Waals surface area contributed by atoms with Crippen LogP contribution in [0.5, 0.6) is 0 Å². The number of allylic oxidation sites excluding steroid dienone is 4. The summed E-state index contributed by atoms with van der Waals surface area (Å²) in [5.74, 6) is -6.83. The van der Waals surface area contributed by atoms with Crippen LogP contribution in [0.4, 0.5) is 0 Å². The molecule has 2 rings (SSSR count). The Kier molecular flexibility index (Phi) is 9.73. The van der Waals surface area contributed by atoms with Crippen LogP contribution in [0.15, 0.2) is 48.8 Å². The highest BCUT2D eigenvalue weighted by Gasteiger charge is 2.40. The fourth-order valence-corrected chi connectivity index (χ4v) is 3.76. The summed E-state index contributed by atoms with van der Waals surface area (Å²) in [6.07, 6.45) is 9.10. The first-order valence-electron chi connectivity index (χ1n) is 11.5. The Morgan fingerprint density at radius 3 is 2.49 bits per heavy atom. The van der Waals surface area contributed by atoms with Crippen LogP contribution < -0.4 is 0 Å². The van der Waals surface area contributed by atoms with Crippen molar-refractivity contribution in [3.63, 3.8) is 0 Å². The van der Waals surface area contributed by atoms with Crippen molar-refractivity contribution < 1.29 is 42.9 Å². The lowest BCUT2D eigenvalue weighted by atomic mass is 9.95. The largest absolute Gasteiger partial charge is 0.461 e. The molecule has 2 aliphatic heterocycles. The number of carbonyl (C=O) groups is 4. The summed E-state index contributed by atoms with van der Waals surface area (Å²) in [4.78, 5) is 50.0. The van der Waals surface area contributed by atoms with Gasteiger partial charge in [0, 0.05) is 13.8 Å². The smallest absolute Gasteiger partial charge is 0.337 e. The number of hydrogen-bond acceptors (Lipinski definition) is 9. The molecule has 9 heteroatoms. The van der Waals surface area contributed by atoms with Crippen molar-refractivity contribution in [2.24, 2.45) is 5.92 Å². The van der Waals surface area contributed by atoms with Crippen LogP contribution in [0.1, 0.15) is 53.9 Å². The second kappa shape index (κ2) is 12.1. The van der Waals surface area contributed by atoms with Gasteiger partial charge in [0.2, 0.25) is 5.79 Å². The van der Waals surface area contributed by atoms with Crippen LogP contribution in [0.2, 0.25) is 0 Å². The predicted octanol–water partition coefficient (Wildman–Crippen LogP) is 3.49. The van der Waals surface area contributed by atoms with E-state index in [1.807, 2.05) is 32.9 Å². The summed E-state index contributed by atoms with van der Waals surface area (Å²) in [6.45, 7) is 11.9. The first-order chi connectivity index (χ1) is 16.4. The third-order valence-electron chi connectivity index (χ3n) is 5.04. The quantitative estimate of drug-likeness (QED) is 0.175. The molecule has 1 saturated heterocycles. The molecular weight excluding hydrogens is 456 g/mol. The third kappa shape index (κ3) is 8.60. The van der Waals surface area contributed by atoms with Gasteiger partial charge in [0.25, 0.3) is 0 Å². The van der Waals surface area contributed by atoms with Crippen molar-refractivity contribution in [3.8, 4) is 0 Å². The molecule has 0 amide bonds. The monoisotopic (exact) mass is 490 g/mol. The zero-order chi connectivity index (χ0) is 26.2. The van der Waals surface area contributed by atoms with Crippen molar-refractivity contribution >= 4 is 23.5 Å². The van der Waals surface area contributed by atoms with Crippen molar-refractivity contribution in [3.05, 3.63) is 48.8 Å². The van der Waals surface area contributed by atoms with Gasteiger partial charge >= 0.3 is 11.9 Å². The van der Waals surface area contributed by atoms with Crippen molar-refractivity contribution in [1.82, 2.24) is 0 Å². The molecule has 3 atom stereocenters. The highest BCUT2D eigenvalue weighted by Crippen LogP contribution is 2.31. The van der Waals surface area contributed by atoms with E-state index >= 15 is 0 Å². The standard InChI is InChI=1S/C26H34O9/c1-7-11-20-21(34-26(5,6)33-20)13-10-9-12-18(27)23(24(30)31-14-8-2)19(28)15-17-16-22(29)35-25(3,4)32-17/h7-9,11-12,16,20-21,23H,2,10,13-15H2,1,3-6H3/b11-7+,12-9+/t20-,21+,23?/m1/s1. The minimum Gasteiger partial charge on any atom is -0.461 e. The number of cyclic esters (lactones) is 1. The molecule has 0 radical (unpaired) electrons. The van der Waals surface area contributed by atoms with Crippen LogP contribution in [0, 0.1) is 5.92 Å². The van der Waals surface area contributed by atoms with E-state index < -0.39 is 47.4 Å². The highest BCUT2D eigenvalue weighted by atomic mass is 16.8. The molecule has 0 saturated carbocycles. The Balaban J connectivity index is 2.06. The molecule has 9 nitrogen and oxygen atoms in total. The van der Waals surface area contributed by atoms with E-state index in [4.69, 9.17) is 23.7 Å². The number of ketones is 2. The van der Waals surface area contributed by atoms with E-state index in [1.165, 1.54) is 26.0 Å². The normalized spacial score (nSPS) is 23.9. The van der Waals surface area contributed by atoms with Gasteiger partial charge in [-0.15, -0.1) is 0 Å². The number of ether oxygens (including phenoxy) is 5. The Labute approximate surface area is 205 Å². The first kappa shape index (κ1) is 28.2. The SMILES string of the molecule is C=CCOC(=O)C(C(=O)/C=C/CC[C@@H]1OC(C)(C)O[C@@H]1/C=C/C)C(=O)CC1=CC(=O)OC(C)(C)O1. The van der Waals surface area contributed by atoms with E-state index in [1.54, 1.807) is 6.08 Å². The fraction of sp³-hybridized carbons (Fsp3) is 0.538. The molecular formula is C26H34O9. The Hall–Kier alpha value is -3.04. The summed E-state index contributed by atoms with van der Waals surface area (Å²) in [5.41, 5.74) is 0. The second-order valence-corrected chi connectivity index (χ2v) is 9.07. The molecule has 35 heavy (non-hydrogen) atoms. The van der Waals surface area contributed by atoms with E-state index in [0.29, 0.717) is 12.8 Å². The van der Waals surface area contributed by atoms with Gasteiger partial charge in [-0.1, -0.05) is 30.9 Å². The molecule has 2 aliphatic rings. The van der Waals surface area contributed by atoms with E-state index in [0.717, 1.165) is 6.08 Å². The molecule has 0 bridgehead atoms. The summed E-state index contributed by atoms with van der Waals surface area (Å²) < 4.78 is 27.2. The second-order valence-electron chi connectivity index (χ2n) is 9.07. The molecule has 0 aromatic heterocycles. The van der Waals surface area contributed by atoms with Crippen LogP contribution in [0.3, 0.4) is 0 Å². The number of esters is 2. The zero-order valence-electron chi connectivity index (χ0n) is 20.9. The first-order valence-corrected chi connectivity index (χ1v) is 11.5. The number of Topliss-reactive ketones (excluding diaryl/α,β-unsaturated/α-hetero) is 1. The molecule has 192 valence electrons. The molecule has 1 unspecified atom stereocenters. The number of rotatable bonds is 12. The van der Waals surface area contributed by atoms with E-state index in [-0.39, 0.29) is 24.6 Å². The lowest BCUT2D eigenvalue weighted by molar-refractivity contribution is -0.205. The fourth-order valence-electron chi connectivity index (χ4n) is 3.76. The van der Waals surface area contributed by atoms with Crippen molar-refractivity contribution in [1.29, 1.82) is 0 Å². The summed E-state index contributed by atoms with van der Waals surface area (Å²) >= 11 is 0. The number of hydrogen-bond donors (Lipinski definition) is 0. The molecule has 2 heterocycles. The molecule has 0 aliphatic carbocycles. The van der Waals surface area contributed by atoms with Crippen LogP contribution >= 0.6 is 0 Å². The molecule has 1 fully saturated rings. The molecule has 0 N–H and O–H groups in total. The average molecular weight is 491 g/mol. The van der Waals surface area contributed by atoms with Gasteiger partial charge < -0.3 is 23.7 Å². The zero-order valence-corrected chi connectivity index (χ0v) is 20.9. The highest BCUT2D eigenvalue weighted by molar-refractivity contribution is 6.20. The van der Waals surface area contributed by atoms with Gasteiger partial charge in [0.15, 0.2) is 23.3 Å². The summed E-state index contributed by atoms with van der Waals surface area (Å²) in [7, 11) is 0. The number of carbonyl (C=O) groups excluding carboxylic acids is 4. The van der Waals surface area contributed by atoms with Gasteiger partial charge in [-0.25, -0.2) is 4.79 Å². The predicted molar refractivity (Wildman–Crippen MR) is 126 cm³/mol. The summed E-state index contributed by atoms with van der Waals surface area (Å²) in [6, 6.07) is 0. The third-order valence-corrected chi connectivity index (χ3v) is 5.04. The molecule has 0 aromatic rings. The Morgan fingerprint density at radius 2 is 1.86 bits per heavy atom. The maximum Gasteiger partial charge on any atom is 0.337 e. The molecule has 0 spiro atoms. The molecule has 0 aromatic carbocycles. The minimum atomic E-state index is -1.70. The van der Waals surface area contributed by atoms with Crippen LogP contribution in [-0.4, -0.2) is 53.9 Å². The Bertz CT molecular complexity index is 923. The van der Waals surface area contributed by atoms with Gasteiger partial charge in [-0.05, 0) is 39.7 Å². The van der Waals surface area contributed by atoms with Crippen molar-refractivity contribution in [2.45, 2.75) is 77.7 Å². The maximum atomic E-state index is 12.9. The Morgan fingerprint density at radius 1 is 1.14 bits per heavy atom. The van der Waals surface area contributed by atoms with Gasteiger partial charge in [0.1, 0.15) is 18.5 Å². The summed E-state index contributed by atoms with van der Waals surface area (Å²) in [5, 5.41) is 0. The topological polar surface area (TPSA) is 114 Å². The van der Waals surface area contributed by atoms with E-state index in [9.17, 15) is 19.2 Å². The lowest BCUT2D eigenvalue weighted by Gasteiger charge is -2.30. The lowest BCUT2D eigenvalue weighted by Crippen LogP contribution is -2.37. The van der Waals surface area contributed by atoms with Gasteiger partial charge in [-0.3, -0.25) is 14.4 Å². The van der Waals surface area contributed by atoms with E-state index in [2.05, 4.69) is 6.58 Å². The average Bonchev–Trinajstić information content (AvgIpc) is 3.01. The van der Waals surface area contributed by atoms with Gasteiger partial charge in [-0.2, -0.15) is 0 Å². The van der Waals surface area contributed by atoms with Crippen molar-refractivity contribution in [2.75, 3.05) is 6.61 Å². The van der Waals surface area contributed by atoms with Gasteiger partial charge in [0.05, 0.1) is 18.6 Å². The van der Waals surface area contributed by atoms with Crippen LogP contribution in [-0.2, 0) is 42.9 Å². The van der Waals surface area contributed by atoms with Crippen LogP contribution in [0.25, 0.3) is 0 Å². The minimum absolute atomic E-state index is 0.00516. The maximum absolute atomic E-state index is 12.9.